The van der Waals surface area contributed by atoms with Gasteiger partial charge in [-0.2, -0.15) is 8.78 Å². The lowest BCUT2D eigenvalue weighted by molar-refractivity contribution is -0.122. The van der Waals surface area contributed by atoms with E-state index in [1.54, 1.807) is 38.1 Å². The van der Waals surface area contributed by atoms with E-state index in [1.807, 2.05) is 6.92 Å². The Balaban J connectivity index is 1.69. The number of carbonyl (C=O) groups is 2. The highest BCUT2D eigenvalue weighted by Gasteiger charge is 2.48. The summed E-state index contributed by atoms with van der Waals surface area (Å²) in [6.45, 7) is 2.47. The number of fused-ring (bicyclic) bond motifs is 1. The van der Waals surface area contributed by atoms with Crippen LogP contribution in [0.3, 0.4) is 0 Å². The smallest absolute Gasteiger partial charge is 0.387 e. The predicted molar refractivity (Wildman–Crippen MR) is 120 cm³/mol. The number of nitrogens with zero attached hydrogens (tertiary/aromatic N) is 1. The number of benzene rings is 2. The van der Waals surface area contributed by atoms with Gasteiger partial charge in [-0.15, -0.1) is 0 Å². The molecule has 2 aliphatic heterocycles. The maximum absolute atomic E-state index is 13.5. The van der Waals surface area contributed by atoms with Gasteiger partial charge in [0.15, 0.2) is 15.6 Å². The standard InChI is InChI=1S/C24H25F2NO5S/c1-4-24(3)18-10-15(20(28)12-23(2)13-33(30,31)14-23)8-9-19(18)27(21(24)29)16-6-5-7-17(11-16)32-22(25)26/h5-11,22H,4,12-14H2,1-3H3. The topological polar surface area (TPSA) is 80.8 Å². The predicted octanol–water partition coefficient (Wildman–Crippen LogP) is 4.64. The highest BCUT2D eigenvalue weighted by molar-refractivity contribution is 7.92. The van der Waals surface area contributed by atoms with E-state index in [9.17, 15) is 26.8 Å². The number of ether oxygens (including phenoxy) is 1. The van der Waals surface area contributed by atoms with Crippen molar-refractivity contribution in [2.24, 2.45) is 5.41 Å². The lowest BCUT2D eigenvalue weighted by Crippen LogP contribution is -2.47. The molecule has 6 nitrogen and oxygen atoms in total. The van der Waals surface area contributed by atoms with Crippen LogP contribution in [0.4, 0.5) is 20.2 Å². The van der Waals surface area contributed by atoms with Gasteiger partial charge in [-0.05, 0) is 49.2 Å². The number of alkyl halides is 2. The summed E-state index contributed by atoms with van der Waals surface area (Å²) in [5.41, 5.74) is 0.580. The van der Waals surface area contributed by atoms with E-state index in [4.69, 9.17) is 0 Å². The molecule has 0 aliphatic carbocycles. The number of halogens is 2. The maximum atomic E-state index is 13.5. The fraction of sp³-hybridized carbons (Fsp3) is 0.417. The second-order valence-corrected chi connectivity index (χ2v) is 11.4. The number of ketones is 1. The van der Waals surface area contributed by atoms with Gasteiger partial charge >= 0.3 is 6.61 Å². The molecule has 1 fully saturated rings. The Kier molecular flexibility index (Phi) is 5.59. The highest BCUT2D eigenvalue weighted by Crippen LogP contribution is 2.48. The number of hydrogen-bond donors (Lipinski definition) is 0. The first-order valence-electron chi connectivity index (χ1n) is 10.7. The first kappa shape index (κ1) is 23.4. The minimum atomic E-state index is -3.07. The van der Waals surface area contributed by atoms with Crippen LogP contribution >= 0.6 is 0 Å². The summed E-state index contributed by atoms with van der Waals surface area (Å²) in [4.78, 5) is 27.9. The van der Waals surface area contributed by atoms with Crippen molar-refractivity contribution in [1.29, 1.82) is 0 Å². The third-order valence-electron chi connectivity index (χ3n) is 6.56. The Morgan fingerprint density at radius 2 is 1.85 bits per heavy atom. The van der Waals surface area contributed by atoms with E-state index >= 15 is 0 Å². The molecular formula is C24H25F2NO5S. The molecule has 2 heterocycles. The van der Waals surface area contributed by atoms with Gasteiger partial charge in [-0.3, -0.25) is 14.5 Å². The van der Waals surface area contributed by atoms with Crippen LogP contribution in [0.15, 0.2) is 42.5 Å². The Bertz CT molecular complexity index is 1230. The summed E-state index contributed by atoms with van der Waals surface area (Å²) in [5.74, 6) is -0.473. The molecule has 1 amide bonds. The normalized spacial score (nSPS) is 22.7. The molecule has 1 unspecified atom stereocenters. The average Bonchev–Trinajstić information content (AvgIpc) is 2.93. The Labute approximate surface area is 191 Å². The summed E-state index contributed by atoms with van der Waals surface area (Å²) in [6.07, 6.45) is 0.578. The third kappa shape index (κ3) is 4.14. The Morgan fingerprint density at radius 1 is 1.15 bits per heavy atom. The van der Waals surface area contributed by atoms with Gasteiger partial charge in [0.1, 0.15) is 5.75 Å². The molecule has 0 N–H and O–H groups in total. The monoisotopic (exact) mass is 477 g/mol. The highest BCUT2D eigenvalue weighted by atomic mass is 32.2. The van der Waals surface area contributed by atoms with Crippen LogP contribution in [0.2, 0.25) is 0 Å². The molecule has 1 atom stereocenters. The van der Waals surface area contributed by atoms with Crippen LogP contribution in [0.1, 0.15) is 49.5 Å². The van der Waals surface area contributed by atoms with E-state index in [1.165, 1.54) is 23.1 Å². The van der Waals surface area contributed by atoms with Crippen molar-refractivity contribution >= 4 is 32.9 Å². The Morgan fingerprint density at radius 3 is 2.45 bits per heavy atom. The molecule has 2 aromatic rings. The molecule has 0 saturated carbocycles. The van der Waals surface area contributed by atoms with Crippen molar-refractivity contribution in [3.05, 3.63) is 53.6 Å². The molecule has 1 saturated heterocycles. The van der Waals surface area contributed by atoms with Crippen molar-refractivity contribution < 1.29 is 31.5 Å². The molecule has 9 heteroatoms. The fourth-order valence-corrected chi connectivity index (χ4v) is 7.07. The first-order valence-corrected chi connectivity index (χ1v) is 12.5. The summed E-state index contributed by atoms with van der Waals surface area (Å²) in [5, 5.41) is 0. The zero-order valence-corrected chi connectivity index (χ0v) is 19.4. The summed E-state index contributed by atoms with van der Waals surface area (Å²) < 4.78 is 53.0. The van der Waals surface area contributed by atoms with Gasteiger partial charge in [0.25, 0.3) is 0 Å². The number of amides is 1. The molecule has 33 heavy (non-hydrogen) atoms. The van der Waals surface area contributed by atoms with Crippen LogP contribution in [0.25, 0.3) is 0 Å². The number of anilines is 2. The molecular weight excluding hydrogens is 452 g/mol. The van der Waals surface area contributed by atoms with Gasteiger partial charge in [-0.1, -0.05) is 19.9 Å². The molecule has 2 aromatic carbocycles. The number of hydrogen-bond acceptors (Lipinski definition) is 5. The lowest BCUT2D eigenvalue weighted by Gasteiger charge is -2.37. The molecule has 4 rings (SSSR count). The second kappa shape index (κ2) is 7.90. The number of sulfone groups is 1. The van der Waals surface area contributed by atoms with Crippen LogP contribution in [-0.4, -0.2) is 38.2 Å². The van der Waals surface area contributed by atoms with Crippen molar-refractivity contribution in [2.75, 3.05) is 16.4 Å². The van der Waals surface area contributed by atoms with Crippen molar-refractivity contribution in [3.8, 4) is 5.75 Å². The fourth-order valence-electron chi connectivity index (χ4n) is 4.83. The van der Waals surface area contributed by atoms with E-state index < -0.39 is 27.3 Å². The van der Waals surface area contributed by atoms with Gasteiger partial charge in [0, 0.05) is 23.5 Å². The zero-order valence-electron chi connectivity index (χ0n) is 18.6. The Hall–Kier alpha value is -2.81. The van der Waals surface area contributed by atoms with Crippen LogP contribution in [0, 0.1) is 5.41 Å². The average molecular weight is 478 g/mol. The van der Waals surface area contributed by atoms with Crippen LogP contribution in [0.5, 0.6) is 5.75 Å². The SMILES string of the molecule is CCC1(C)C(=O)N(c2cccc(OC(F)F)c2)c2ccc(C(=O)CC3(C)CS(=O)(=O)C3)cc21. The van der Waals surface area contributed by atoms with E-state index in [2.05, 4.69) is 4.74 Å². The molecule has 176 valence electrons. The number of carbonyl (C=O) groups excluding carboxylic acids is 2. The van der Waals surface area contributed by atoms with Gasteiger partial charge < -0.3 is 4.74 Å². The van der Waals surface area contributed by atoms with E-state index in [0.717, 1.165) is 0 Å². The minimum Gasteiger partial charge on any atom is -0.435 e. The maximum Gasteiger partial charge on any atom is 0.387 e. The quantitative estimate of drug-likeness (QED) is 0.543. The summed E-state index contributed by atoms with van der Waals surface area (Å²) in [7, 11) is -3.07. The van der Waals surface area contributed by atoms with Crippen molar-refractivity contribution in [2.45, 2.75) is 45.6 Å². The van der Waals surface area contributed by atoms with Gasteiger partial charge in [0.2, 0.25) is 5.91 Å². The number of rotatable bonds is 7. The van der Waals surface area contributed by atoms with E-state index in [0.29, 0.717) is 28.9 Å². The summed E-state index contributed by atoms with van der Waals surface area (Å²) >= 11 is 0. The molecule has 0 bridgehead atoms. The first-order chi connectivity index (χ1) is 15.4. The minimum absolute atomic E-state index is 0.00729. The molecule has 0 aromatic heterocycles. The van der Waals surface area contributed by atoms with Crippen LogP contribution < -0.4 is 9.64 Å². The molecule has 0 spiro atoms. The molecule has 2 aliphatic rings. The van der Waals surface area contributed by atoms with Crippen LogP contribution in [-0.2, 0) is 20.0 Å². The third-order valence-corrected chi connectivity index (χ3v) is 8.83. The van der Waals surface area contributed by atoms with Gasteiger partial charge in [-0.25, -0.2) is 8.42 Å². The lowest BCUT2D eigenvalue weighted by atomic mass is 9.79. The van der Waals surface area contributed by atoms with E-state index in [-0.39, 0.29) is 35.4 Å². The molecule has 0 radical (unpaired) electrons. The summed E-state index contributed by atoms with van der Waals surface area (Å²) in [6, 6.07) is 11.0. The largest absolute Gasteiger partial charge is 0.435 e. The van der Waals surface area contributed by atoms with Gasteiger partial charge in [0.05, 0.1) is 28.3 Å². The number of Topliss-reactive ketones (excluding diaryl/α,β-unsaturated/α-hetero) is 1. The van der Waals surface area contributed by atoms with Crippen molar-refractivity contribution in [3.63, 3.8) is 0 Å². The van der Waals surface area contributed by atoms with Crippen molar-refractivity contribution in [1.82, 2.24) is 0 Å². The zero-order chi connectivity index (χ0) is 24.2. The second-order valence-electron chi connectivity index (χ2n) is 9.38.